The largest absolute Gasteiger partial charge is 0.396 e. The summed E-state index contributed by atoms with van der Waals surface area (Å²) in [5.41, 5.74) is 1.80. The minimum atomic E-state index is 0.163. The summed E-state index contributed by atoms with van der Waals surface area (Å²) in [6.07, 6.45) is 2.54. The number of benzene rings is 1. The van der Waals surface area contributed by atoms with Crippen LogP contribution in [0.2, 0.25) is 5.02 Å². The zero-order chi connectivity index (χ0) is 11.4. The number of hydrogen-bond acceptors (Lipinski definition) is 3. The molecule has 1 aromatic carbocycles. The van der Waals surface area contributed by atoms with Gasteiger partial charge < -0.3 is 5.11 Å². The molecule has 5 heteroatoms. The van der Waals surface area contributed by atoms with Crippen LogP contribution in [0.3, 0.4) is 0 Å². The van der Waals surface area contributed by atoms with Crippen LogP contribution < -0.4 is 0 Å². The Bertz CT molecular complexity index is 453. The number of aliphatic hydroxyl groups excluding tert-OH is 1. The fourth-order valence-electron chi connectivity index (χ4n) is 1.39. The molecule has 1 heterocycles. The second-order valence-electron chi connectivity index (χ2n) is 3.45. The van der Waals surface area contributed by atoms with Gasteiger partial charge in [-0.2, -0.15) is 0 Å². The normalized spacial score (nSPS) is 10.6. The van der Waals surface area contributed by atoms with Gasteiger partial charge in [-0.3, -0.25) is 4.68 Å². The molecule has 0 spiro atoms. The highest BCUT2D eigenvalue weighted by Gasteiger charge is 2.03. The molecule has 16 heavy (non-hydrogen) atoms. The lowest BCUT2D eigenvalue weighted by Crippen LogP contribution is -2.00. The van der Waals surface area contributed by atoms with Crippen LogP contribution >= 0.6 is 11.6 Å². The van der Waals surface area contributed by atoms with Gasteiger partial charge >= 0.3 is 0 Å². The predicted octanol–water partition coefficient (Wildman–Crippen LogP) is 1.98. The average Bonchev–Trinajstić information content (AvgIpc) is 2.76. The van der Waals surface area contributed by atoms with E-state index >= 15 is 0 Å². The highest BCUT2D eigenvalue weighted by molar-refractivity contribution is 6.30. The third-order valence-corrected chi connectivity index (χ3v) is 2.48. The monoisotopic (exact) mass is 237 g/mol. The number of aliphatic hydroxyl groups is 1. The Morgan fingerprint density at radius 2 is 2.00 bits per heavy atom. The molecular weight excluding hydrogens is 226 g/mol. The molecule has 0 saturated heterocycles. The molecule has 0 aliphatic rings. The zero-order valence-corrected chi connectivity index (χ0v) is 9.43. The number of aryl methyl sites for hydroxylation is 1. The minimum Gasteiger partial charge on any atom is -0.396 e. The average molecular weight is 238 g/mol. The number of nitrogens with zero attached hydrogens (tertiary/aromatic N) is 3. The van der Waals surface area contributed by atoms with Crippen LogP contribution in [-0.2, 0) is 6.54 Å². The Hall–Kier alpha value is -1.39. The molecule has 2 rings (SSSR count). The first-order valence-electron chi connectivity index (χ1n) is 5.06. The molecule has 4 nitrogen and oxygen atoms in total. The first kappa shape index (κ1) is 11.1. The summed E-state index contributed by atoms with van der Waals surface area (Å²) < 4.78 is 1.72. The van der Waals surface area contributed by atoms with Gasteiger partial charge in [-0.15, -0.1) is 5.10 Å². The van der Waals surface area contributed by atoms with Crippen molar-refractivity contribution < 1.29 is 5.11 Å². The Morgan fingerprint density at radius 3 is 2.69 bits per heavy atom. The molecule has 0 atom stereocenters. The molecule has 0 bridgehead atoms. The molecule has 0 unspecified atom stereocenters. The van der Waals surface area contributed by atoms with Crippen molar-refractivity contribution in [3.8, 4) is 11.3 Å². The summed E-state index contributed by atoms with van der Waals surface area (Å²) in [6, 6.07) is 7.46. The molecule has 1 N–H and O–H groups in total. The van der Waals surface area contributed by atoms with Crippen LogP contribution in [0.15, 0.2) is 30.5 Å². The lowest BCUT2D eigenvalue weighted by Gasteiger charge is -1.96. The van der Waals surface area contributed by atoms with E-state index in [4.69, 9.17) is 16.7 Å². The lowest BCUT2D eigenvalue weighted by atomic mass is 10.2. The summed E-state index contributed by atoms with van der Waals surface area (Å²) in [5, 5.41) is 17.4. The Kier molecular flexibility index (Phi) is 3.54. The Morgan fingerprint density at radius 1 is 1.25 bits per heavy atom. The van der Waals surface area contributed by atoms with Gasteiger partial charge in [0.05, 0.1) is 6.20 Å². The first-order chi connectivity index (χ1) is 7.79. The van der Waals surface area contributed by atoms with E-state index in [1.165, 1.54) is 0 Å². The maximum Gasteiger partial charge on any atom is 0.113 e. The standard InChI is InChI=1S/C11H12ClN3O/c12-10-4-2-9(3-5-10)11-8-15(14-13-11)6-1-7-16/h2-5,8,16H,1,6-7H2. The fraction of sp³-hybridized carbons (Fsp3) is 0.273. The van der Waals surface area contributed by atoms with Crippen molar-refractivity contribution in [3.05, 3.63) is 35.5 Å². The van der Waals surface area contributed by atoms with Crippen LogP contribution in [0, 0.1) is 0 Å². The molecule has 0 fully saturated rings. The SMILES string of the molecule is OCCCn1cc(-c2ccc(Cl)cc2)nn1. The molecule has 2 aromatic rings. The van der Waals surface area contributed by atoms with Gasteiger partial charge in [-0.1, -0.05) is 28.9 Å². The topological polar surface area (TPSA) is 50.9 Å². The van der Waals surface area contributed by atoms with Crippen LogP contribution in [0.5, 0.6) is 0 Å². The molecule has 0 radical (unpaired) electrons. The molecule has 0 aliphatic carbocycles. The summed E-state index contributed by atoms with van der Waals surface area (Å²) in [6.45, 7) is 0.841. The van der Waals surface area contributed by atoms with E-state index in [-0.39, 0.29) is 6.61 Å². The van der Waals surface area contributed by atoms with E-state index in [1.807, 2.05) is 30.5 Å². The third-order valence-electron chi connectivity index (χ3n) is 2.22. The number of rotatable bonds is 4. The highest BCUT2D eigenvalue weighted by atomic mass is 35.5. The highest BCUT2D eigenvalue weighted by Crippen LogP contribution is 2.18. The summed E-state index contributed by atoms with van der Waals surface area (Å²) >= 11 is 5.80. The number of hydrogen-bond donors (Lipinski definition) is 1. The maximum absolute atomic E-state index is 8.71. The van der Waals surface area contributed by atoms with E-state index in [1.54, 1.807) is 4.68 Å². The summed E-state index contributed by atoms with van der Waals surface area (Å²) in [5.74, 6) is 0. The molecular formula is C11H12ClN3O. The van der Waals surface area contributed by atoms with Gasteiger partial charge in [0.15, 0.2) is 0 Å². The van der Waals surface area contributed by atoms with Crippen molar-refractivity contribution >= 4 is 11.6 Å². The van der Waals surface area contributed by atoms with Crippen LogP contribution in [0.25, 0.3) is 11.3 Å². The molecule has 0 saturated carbocycles. The van der Waals surface area contributed by atoms with Crippen molar-refractivity contribution in [2.75, 3.05) is 6.61 Å². The van der Waals surface area contributed by atoms with Crippen LogP contribution in [0.4, 0.5) is 0 Å². The zero-order valence-electron chi connectivity index (χ0n) is 8.67. The van der Waals surface area contributed by atoms with Gasteiger partial charge in [-0.05, 0) is 18.6 Å². The summed E-state index contributed by atoms with van der Waals surface area (Å²) in [7, 11) is 0. The minimum absolute atomic E-state index is 0.163. The van der Waals surface area contributed by atoms with Crippen LogP contribution in [-0.4, -0.2) is 26.7 Å². The molecule has 1 aromatic heterocycles. The van der Waals surface area contributed by atoms with Crippen molar-refractivity contribution in [2.24, 2.45) is 0 Å². The molecule has 84 valence electrons. The molecule has 0 aliphatic heterocycles. The van der Waals surface area contributed by atoms with E-state index in [0.29, 0.717) is 18.0 Å². The lowest BCUT2D eigenvalue weighted by molar-refractivity contribution is 0.276. The van der Waals surface area contributed by atoms with E-state index in [2.05, 4.69) is 10.3 Å². The Balaban J connectivity index is 2.15. The van der Waals surface area contributed by atoms with E-state index in [0.717, 1.165) is 11.3 Å². The second-order valence-corrected chi connectivity index (χ2v) is 3.89. The van der Waals surface area contributed by atoms with Crippen molar-refractivity contribution in [3.63, 3.8) is 0 Å². The van der Waals surface area contributed by atoms with E-state index in [9.17, 15) is 0 Å². The second kappa shape index (κ2) is 5.09. The van der Waals surface area contributed by atoms with Crippen molar-refractivity contribution in [2.45, 2.75) is 13.0 Å². The van der Waals surface area contributed by atoms with Gasteiger partial charge in [0.1, 0.15) is 5.69 Å². The third kappa shape index (κ3) is 2.59. The smallest absolute Gasteiger partial charge is 0.113 e. The first-order valence-corrected chi connectivity index (χ1v) is 5.44. The fourth-order valence-corrected chi connectivity index (χ4v) is 1.52. The van der Waals surface area contributed by atoms with Gasteiger partial charge in [0, 0.05) is 23.7 Å². The maximum atomic E-state index is 8.71. The van der Waals surface area contributed by atoms with Gasteiger partial charge in [0.2, 0.25) is 0 Å². The quantitative estimate of drug-likeness (QED) is 0.885. The summed E-state index contributed by atoms with van der Waals surface area (Å²) in [4.78, 5) is 0. The van der Waals surface area contributed by atoms with Crippen LogP contribution in [0.1, 0.15) is 6.42 Å². The molecule has 0 amide bonds. The van der Waals surface area contributed by atoms with Crippen molar-refractivity contribution in [1.29, 1.82) is 0 Å². The number of halogens is 1. The number of aromatic nitrogens is 3. The Labute approximate surface area is 98.5 Å². The predicted molar refractivity (Wildman–Crippen MR) is 62.2 cm³/mol. The van der Waals surface area contributed by atoms with Gasteiger partial charge in [-0.25, -0.2) is 0 Å². The van der Waals surface area contributed by atoms with E-state index < -0.39 is 0 Å². The van der Waals surface area contributed by atoms with Crippen molar-refractivity contribution in [1.82, 2.24) is 15.0 Å². The van der Waals surface area contributed by atoms with Gasteiger partial charge in [0.25, 0.3) is 0 Å².